The quantitative estimate of drug-likeness (QED) is 0.800. The van der Waals surface area contributed by atoms with Crippen LogP contribution in [0.4, 0.5) is 5.69 Å². The second-order valence-corrected chi connectivity index (χ2v) is 5.64. The zero-order chi connectivity index (χ0) is 17.0. The normalized spacial score (nSPS) is 16.0. The van der Waals surface area contributed by atoms with Crippen LogP contribution in [-0.2, 0) is 11.4 Å². The molecule has 1 aromatic carbocycles. The maximum absolute atomic E-state index is 13.0. The fourth-order valence-electron chi connectivity index (χ4n) is 2.93. The molecule has 0 saturated carbocycles. The van der Waals surface area contributed by atoms with Crippen molar-refractivity contribution in [1.29, 1.82) is 0 Å². The van der Waals surface area contributed by atoms with Gasteiger partial charge in [0.05, 0.1) is 19.4 Å². The van der Waals surface area contributed by atoms with Crippen LogP contribution in [0.25, 0.3) is 0 Å². The lowest BCUT2D eigenvalue weighted by molar-refractivity contribution is -0.136. The molecule has 0 radical (unpaired) electrons. The second kappa shape index (κ2) is 7.19. The van der Waals surface area contributed by atoms with E-state index in [9.17, 15) is 9.90 Å². The fraction of sp³-hybridized carbons (Fsp3) is 0.588. The number of fused-ring (bicyclic) bond motifs is 1. The highest BCUT2D eigenvalue weighted by atomic mass is 16.5. The van der Waals surface area contributed by atoms with Gasteiger partial charge in [0.25, 0.3) is 5.91 Å². The summed E-state index contributed by atoms with van der Waals surface area (Å²) >= 11 is 0. The number of ether oxygens (including phenoxy) is 2. The minimum Gasteiger partial charge on any atom is -0.493 e. The van der Waals surface area contributed by atoms with Gasteiger partial charge in [0.2, 0.25) is 0 Å². The number of hydrogen-bond acceptors (Lipinski definition) is 5. The van der Waals surface area contributed by atoms with Gasteiger partial charge in [-0.15, -0.1) is 0 Å². The van der Waals surface area contributed by atoms with Crippen LogP contribution in [0.15, 0.2) is 12.1 Å². The summed E-state index contributed by atoms with van der Waals surface area (Å²) in [5.74, 6) is 0.908. The van der Waals surface area contributed by atoms with Gasteiger partial charge in [-0.25, -0.2) is 0 Å². The zero-order valence-corrected chi connectivity index (χ0v) is 14.0. The third kappa shape index (κ3) is 3.01. The summed E-state index contributed by atoms with van der Waals surface area (Å²) in [7, 11) is 1.54. The van der Waals surface area contributed by atoms with Crippen LogP contribution in [0.5, 0.6) is 11.5 Å². The molecule has 0 aliphatic carbocycles. The van der Waals surface area contributed by atoms with Crippen molar-refractivity contribution in [3.05, 3.63) is 17.7 Å². The maximum Gasteiger partial charge on any atom is 0.271 e. The average molecular weight is 323 g/mol. The van der Waals surface area contributed by atoms with Gasteiger partial charge in [0.15, 0.2) is 17.1 Å². The minimum absolute atomic E-state index is 0.00203. The van der Waals surface area contributed by atoms with E-state index in [0.29, 0.717) is 48.6 Å². The molecular weight excluding hydrogens is 298 g/mol. The van der Waals surface area contributed by atoms with Gasteiger partial charge >= 0.3 is 0 Å². The molecular formula is C17H25NO5. The number of aliphatic hydroxyl groups is 2. The van der Waals surface area contributed by atoms with Crippen molar-refractivity contribution in [1.82, 2.24) is 0 Å². The minimum atomic E-state index is -0.920. The third-order valence-electron chi connectivity index (χ3n) is 4.40. The van der Waals surface area contributed by atoms with Crippen LogP contribution in [-0.4, -0.2) is 42.0 Å². The van der Waals surface area contributed by atoms with E-state index in [1.165, 1.54) is 7.11 Å². The molecule has 1 aliphatic heterocycles. The smallest absolute Gasteiger partial charge is 0.271 e. The molecule has 128 valence electrons. The predicted molar refractivity (Wildman–Crippen MR) is 86.9 cm³/mol. The number of methoxy groups -OCH3 is 1. The van der Waals surface area contributed by atoms with Gasteiger partial charge in [-0.1, -0.05) is 13.8 Å². The lowest BCUT2D eigenvalue weighted by Crippen LogP contribution is -2.56. The molecule has 6 heteroatoms. The Hall–Kier alpha value is -1.79. The van der Waals surface area contributed by atoms with Gasteiger partial charge in [-0.3, -0.25) is 4.79 Å². The van der Waals surface area contributed by atoms with Crippen molar-refractivity contribution in [3.63, 3.8) is 0 Å². The van der Waals surface area contributed by atoms with E-state index in [-0.39, 0.29) is 19.1 Å². The molecule has 0 aromatic heterocycles. The monoisotopic (exact) mass is 323 g/mol. The van der Waals surface area contributed by atoms with Crippen LogP contribution in [0, 0.1) is 0 Å². The van der Waals surface area contributed by atoms with Crippen molar-refractivity contribution in [2.24, 2.45) is 0 Å². The first-order valence-corrected chi connectivity index (χ1v) is 8.00. The summed E-state index contributed by atoms with van der Waals surface area (Å²) in [6.45, 7) is 4.09. The van der Waals surface area contributed by atoms with E-state index >= 15 is 0 Å². The number of carbonyl (C=O) groups excluding carboxylic acids is 1. The van der Waals surface area contributed by atoms with Crippen LogP contribution in [0.2, 0.25) is 0 Å². The standard InChI is InChI=1S/C17H25NO5/c1-4-17(5-2)16(21)18(7-6-8-19)13-9-12(11-20)10-14(22-3)15(13)23-17/h9-10,19-20H,4-8,11H2,1-3H3. The number of benzene rings is 1. The first-order chi connectivity index (χ1) is 11.1. The maximum atomic E-state index is 13.0. The first-order valence-electron chi connectivity index (χ1n) is 8.00. The van der Waals surface area contributed by atoms with E-state index in [4.69, 9.17) is 14.6 Å². The molecule has 0 bridgehead atoms. The molecule has 6 nitrogen and oxygen atoms in total. The Labute approximate surface area is 136 Å². The van der Waals surface area contributed by atoms with Crippen molar-refractivity contribution in [3.8, 4) is 11.5 Å². The summed E-state index contributed by atoms with van der Waals surface area (Å²) in [6.07, 6.45) is 1.56. The number of hydrogen-bond donors (Lipinski definition) is 2. The van der Waals surface area contributed by atoms with E-state index in [1.54, 1.807) is 17.0 Å². The number of aliphatic hydroxyl groups excluding tert-OH is 2. The molecule has 0 atom stereocenters. The van der Waals surface area contributed by atoms with Crippen molar-refractivity contribution in [2.45, 2.75) is 45.3 Å². The molecule has 1 amide bonds. The number of rotatable bonds is 7. The van der Waals surface area contributed by atoms with Crippen LogP contribution >= 0.6 is 0 Å². The number of amides is 1. The van der Waals surface area contributed by atoms with Gasteiger partial charge in [0.1, 0.15) is 0 Å². The first kappa shape index (κ1) is 17.6. The SMILES string of the molecule is CCC1(CC)Oc2c(OC)cc(CO)cc2N(CCCO)C1=O. The molecule has 1 aliphatic rings. The van der Waals surface area contributed by atoms with Crippen molar-refractivity contribution in [2.75, 3.05) is 25.2 Å². The Kier molecular flexibility index (Phi) is 5.49. The van der Waals surface area contributed by atoms with E-state index in [2.05, 4.69) is 0 Å². The second-order valence-electron chi connectivity index (χ2n) is 5.64. The topological polar surface area (TPSA) is 79.2 Å². The Bertz CT molecular complexity index is 568. The van der Waals surface area contributed by atoms with Gasteiger partial charge < -0.3 is 24.6 Å². The molecule has 23 heavy (non-hydrogen) atoms. The highest BCUT2D eigenvalue weighted by molar-refractivity contribution is 6.03. The van der Waals surface area contributed by atoms with E-state index in [0.717, 1.165) is 0 Å². The Morgan fingerprint density at radius 1 is 1.26 bits per heavy atom. The summed E-state index contributed by atoms with van der Waals surface area (Å²) < 4.78 is 11.5. The predicted octanol–water partition coefficient (Wildman–Crippen LogP) is 1.85. The molecule has 2 rings (SSSR count). The van der Waals surface area contributed by atoms with Crippen molar-refractivity contribution < 1.29 is 24.5 Å². The summed E-state index contributed by atoms with van der Waals surface area (Å²) in [6, 6.07) is 3.46. The number of nitrogens with zero attached hydrogens (tertiary/aromatic N) is 1. The summed E-state index contributed by atoms with van der Waals surface area (Å²) in [4.78, 5) is 14.6. The molecule has 0 spiro atoms. The van der Waals surface area contributed by atoms with Gasteiger partial charge in [-0.05, 0) is 37.0 Å². The van der Waals surface area contributed by atoms with Gasteiger partial charge in [0, 0.05) is 13.2 Å². The number of anilines is 1. The Morgan fingerprint density at radius 3 is 2.48 bits per heavy atom. The fourth-order valence-corrected chi connectivity index (χ4v) is 2.93. The van der Waals surface area contributed by atoms with Crippen LogP contribution in [0.1, 0.15) is 38.7 Å². The molecule has 0 unspecified atom stereocenters. The van der Waals surface area contributed by atoms with Crippen LogP contribution in [0.3, 0.4) is 0 Å². The Balaban J connectivity index is 2.60. The van der Waals surface area contributed by atoms with E-state index in [1.807, 2.05) is 13.8 Å². The molecule has 0 fully saturated rings. The average Bonchev–Trinajstić information content (AvgIpc) is 2.59. The molecule has 0 saturated heterocycles. The highest BCUT2D eigenvalue weighted by Gasteiger charge is 2.46. The summed E-state index contributed by atoms with van der Waals surface area (Å²) in [5, 5.41) is 18.6. The number of carbonyl (C=O) groups is 1. The van der Waals surface area contributed by atoms with Gasteiger partial charge in [-0.2, -0.15) is 0 Å². The summed E-state index contributed by atoms with van der Waals surface area (Å²) in [5.41, 5.74) is 0.312. The third-order valence-corrected chi connectivity index (χ3v) is 4.40. The lowest BCUT2D eigenvalue weighted by atomic mass is 9.92. The van der Waals surface area contributed by atoms with E-state index < -0.39 is 5.60 Å². The van der Waals surface area contributed by atoms with Crippen LogP contribution < -0.4 is 14.4 Å². The lowest BCUT2D eigenvalue weighted by Gasteiger charge is -2.42. The molecule has 1 heterocycles. The molecule has 1 aromatic rings. The largest absolute Gasteiger partial charge is 0.493 e. The van der Waals surface area contributed by atoms with Crippen molar-refractivity contribution >= 4 is 11.6 Å². The molecule has 2 N–H and O–H groups in total. The Morgan fingerprint density at radius 2 is 1.96 bits per heavy atom. The highest BCUT2D eigenvalue weighted by Crippen LogP contribution is 2.47. The zero-order valence-electron chi connectivity index (χ0n) is 14.0.